The quantitative estimate of drug-likeness (QED) is 0.219. The smallest absolute Gasteiger partial charge is 0.326 e. The molecule has 0 fully saturated rings. The van der Waals surface area contributed by atoms with Crippen LogP contribution in [-0.2, 0) is 19.2 Å². The number of rotatable bonds is 12. The van der Waals surface area contributed by atoms with Gasteiger partial charge in [-0.25, -0.2) is 4.79 Å². The summed E-state index contributed by atoms with van der Waals surface area (Å²) in [5.41, 5.74) is 5.23. The molecule has 0 saturated carbocycles. The van der Waals surface area contributed by atoms with Gasteiger partial charge >= 0.3 is 5.97 Å². The summed E-state index contributed by atoms with van der Waals surface area (Å²) in [5, 5.41) is 25.6. The number of amides is 3. The lowest BCUT2D eigenvalue weighted by atomic mass is 10.0. The Balaban J connectivity index is 5.01. The number of carboxylic acids is 1. The van der Waals surface area contributed by atoms with Gasteiger partial charge in [0, 0.05) is 0 Å². The van der Waals surface area contributed by atoms with Gasteiger partial charge in [-0.2, -0.15) is 11.8 Å². The number of aliphatic carboxylic acids is 1. The number of hydrogen-bond acceptors (Lipinski definition) is 7. The Morgan fingerprint density at radius 2 is 1.62 bits per heavy atom. The first-order chi connectivity index (χ1) is 12.2. The summed E-state index contributed by atoms with van der Waals surface area (Å²) < 4.78 is 0. The third-order valence-corrected chi connectivity index (χ3v) is 4.14. The van der Waals surface area contributed by atoms with Crippen LogP contribution >= 0.6 is 11.8 Å². The summed E-state index contributed by atoms with van der Waals surface area (Å²) in [7, 11) is 0. The van der Waals surface area contributed by atoms with Crippen molar-refractivity contribution in [3.8, 4) is 0 Å². The molecule has 0 bridgehead atoms. The van der Waals surface area contributed by atoms with Gasteiger partial charge in [0.25, 0.3) is 0 Å². The molecular weight excluding hydrogens is 364 g/mol. The van der Waals surface area contributed by atoms with Crippen LogP contribution in [0.2, 0.25) is 0 Å². The molecule has 0 aromatic carbocycles. The molecular formula is C15H28N4O6S. The van der Waals surface area contributed by atoms with Gasteiger partial charge in [-0.05, 0) is 24.3 Å². The van der Waals surface area contributed by atoms with Gasteiger partial charge in [0.2, 0.25) is 17.7 Å². The normalized spacial score (nSPS) is 14.2. The molecule has 3 atom stereocenters. The molecule has 0 aliphatic heterocycles. The molecule has 26 heavy (non-hydrogen) atoms. The molecule has 150 valence electrons. The van der Waals surface area contributed by atoms with Gasteiger partial charge in [-0.3, -0.25) is 14.4 Å². The number of aliphatic hydroxyl groups is 1. The molecule has 3 amide bonds. The van der Waals surface area contributed by atoms with Crippen molar-refractivity contribution < 1.29 is 29.4 Å². The average molecular weight is 392 g/mol. The number of carboxylic acid groups (broad SMARTS) is 1. The number of hydrogen-bond donors (Lipinski definition) is 6. The van der Waals surface area contributed by atoms with Crippen molar-refractivity contribution in [1.82, 2.24) is 16.0 Å². The fourth-order valence-corrected chi connectivity index (χ4v) is 2.46. The standard InChI is InChI=1S/C15H28N4O6S/c1-8(2)12(15(24)25)19-14(23)10(7-20)18-13(22)9(4-5-26-3)17-11(21)6-16/h8-10,12,20H,4-7,16H2,1-3H3,(H,17,21)(H,18,22)(H,19,23)(H,24,25). The third kappa shape index (κ3) is 8.50. The van der Waals surface area contributed by atoms with Crippen LogP contribution in [0, 0.1) is 5.92 Å². The maximum Gasteiger partial charge on any atom is 0.326 e. The van der Waals surface area contributed by atoms with E-state index >= 15 is 0 Å². The van der Waals surface area contributed by atoms with E-state index in [2.05, 4.69) is 16.0 Å². The first-order valence-electron chi connectivity index (χ1n) is 8.10. The molecule has 0 aliphatic rings. The minimum absolute atomic E-state index is 0.290. The number of aliphatic hydroxyl groups excluding tert-OH is 1. The monoisotopic (exact) mass is 392 g/mol. The highest BCUT2D eigenvalue weighted by Crippen LogP contribution is 2.04. The Morgan fingerprint density at radius 3 is 2.04 bits per heavy atom. The lowest BCUT2D eigenvalue weighted by Gasteiger charge is -2.24. The van der Waals surface area contributed by atoms with Crippen LogP contribution in [0.15, 0.2) is 0 Å². The van der Waals surface area contributed by atoms with Crippen LogP contribution < -0.4 is 21.7 Å². The highest BCUT2D eigenvalue weighted by molar-refractivity contribution is 7.98. The predicted octanol–water partition coefficient (Wildman–Crippen LogP) is -2.11. The first-order valence-corrected chi connectivity index (χ1v) is 9.50. The van der Waals surface area contributed by atoms with E-state index in [0.717, 1.165) is 0 Å². The lowest BCUT2D eigenvalue weighted by Crippen LogP contribution is -2.58. The molecule has 0 heterocycles. The Labute approximate surface area is 156 Å². The molecule has 0 saturated heterocycles. The molecule has 3 unspecified atom stereocenters. The summed E-state index contributed by atoms with van der Waals surface area (Å²) in [6.07, 6.45) is 2.14. The Bertz CT molecular complexity index is 503. The van der Waals surface area contributed by atoms with E-state index in [-0.39, 0.29) is 12.5 Å². The summed E-state index contributed by atoms with van der Waals surface area (Å²) in [4.78, 5) is 47.1. The molecule has 0 aromatic rings. The van der Waals surface area contributed by atoms with Crippen molar-refractivity contribution in [2.24, 2.45) is 11.7 Å². The predicted molar refractivity (Wildman–Crippen MR) is 97.4 cm³/mol. The van der Waals surface area contributed by atoms with Gasteiger partial charge in [-0.1, -0.05) is 13.8 Å². The number of thioether (sulfide) groups is 1. The summed E-state index contributed by atoms with van der Waals surface area (Å²) >= 11 is 1.47. The molecule has 0 aliphatic carbocycles. The van der Waals surface area contributed by atoms with Crippen LogP contribution in [0.3, 0.4) is 0 Å². The zero-order chi connectivity index (χ0) is 20.3. The van der Waals surface area contributed by atoms with Crippen molar-refractivity contribution in [2.45, 2.75) is 38.4 Å². The van der Waals surface area contributed by atoms with E-state index in [0.29, 0.717) is 12.2 Å². The zero-order valence-electron chi connectivity index (χ0n) is 15.2. The number of carbonyl (C=O) groups excluding carboxylic acids is 3. The van der Waals surface area contributed by atoms with E-state index in [9.17, 15) is 24.3 Å². The van der Waals surface area contributed by atoms with Crippen molar-refractivity contribution in [3.63, 3.8) is 0 Å². The average Bonchev–Trinajstić information content (AvgIpc) is 2.59. The molecule has 11 heteroatoms. The fourth-order valence-electron chi connectivity index (χ4n) is 1.99. The zero-order valence-corrected chi connectivity index (χ0v) is 16.0. The van der Waals surface area contributed by atoms with Gasteiger partial charge in [0.15, 0.2) is 0 Å². The van der Waals surface area contributed by atoms with E-state index < -0.39 is 48.4 Å². The van der Waals surface area contributed by atoms with Crippen LogP contribution in [0.25, 0.3) is 0 Å². The molecule has 0 spiro atoms. The highest BCUT2D eigenvalue weighted by Gasteiger charge is 2.30. The second kappa shape index (κ2) is 12.5. The molecule has 7 N–H and O–H groups in total. The fraction of sp³-hybridized carbons (Fsp3) is 0.733. The van der Waals surface area contributed by atoms with Crippen molar-refractivity contribution >= 4 is 35.5 Å². The molecule has 0 radical (unpaired) electrons. The SMILES string of the molecule is CSCCC(NC(=O)CN)C(=O)NC(CO)C(=O)NC(C(=O)O)C(C)C. The first kappa shape index (κ1) is 24.1. The van der Waals surface area contributed by atoms with E-state index in [1.165, 1.54) is 11.8 Å². The Kier molecular flexibility index (Phi) is 11.6. The van der Waals surface area contributed by atoms with Crippen molar-refractivity contribution in [3.05, 3.63) is 0 Å². The molecule has 0 aromatic heterocycles. The van der Waals surface area contributed by atoms with Gasteiger partial charge < -0.3 is 31.9 Å². The molecule has 0 rings (SSSR count). The minimum atomic E-state index is -1.34. The number of nitrogens with two attached hydrogens (primary N) is 1. The Hall–Kier alpha value is -1.85. The molecule has 10 nitrogen and oxygen atoms in total. The summed E-state index contributed by atoms with van der Waals surface area (Å²) in [5.74, 6) is -3.04. The number of carbonyl (C=O) groups is 4. The maximum absolute atomic E-state index is 12.3. The van der Waals surface area contributed by atoms with Gasteiger partial charge in [0.05, 0.1) is 13.2 Å². The summed E-state index contributed by atoms with van der Waals surface area (Å²) in [6.45, 7) is 2.22. The van der Waals surface area contributed by atoms with Gasteiger partial charge in [-0.15, -0.1) is 0 Å². The second-order valence-electron chi connectivity index (χ2n) is 5.92. The van der Waals surface area contributed by atoms with Crippen molar-refractivity contribution in [1.29, 1.82) is 0 Å². The van der Waals surface area contributed by atoms with Crippen molar-refractivity contribution in [2.75, 3.05) is 25.2 Å². The lowest BCUT2D eigenvalue weighted by molar-refractivity contribution is -0.143. The minimum Gasteiger partial charge on any atom is -0.480 e. The highest BCUT2D eigenvalue weighted by atomic mass is 32.2. The van der Waals surface area contributed by atoms with E-state index in [4.69, 9.17) is 10.8 Å². The maximum atomic E-state index is 12.3. The van der Waals surface area contributed by atoms with E-state index in [1.54, 1.807) is 13.8 Å². The summed E-state index contributed by atoms with van der Waals surface area (Å²) in [6, 6.07) is -3.41. The van der Waals surface area contributed by atoms with Crippen LogP contribution in [-0.4, -0.2) is 77.2 Å². The second-order valence-corrected chi connectivity index (χ2v) is 6.90. The van der Waals surface area contributed by atoms with Crippen LogP contribution in [0.5, 0.6) is 0 Å². The third-order valence-electron chi connectivity index (χ3n) is 3.49. The largest absolute Gasteiger partial charge is 0.480 e. The van der Waals surface area contributed by atoms with E-state index in [1.807, 2.05) is 6.26 Å². The number of nitrogens with one attached hydrogen (secondary N) is 3. The Morgan fingerprint density at radius 1 is 1.04 bits per heavy atom. The van der Waals surface area contributed by atoms with Crippen LogP contribution in [0.1, 0.15) is 20.3 Å². The van der Waals surface area contributed by atoms with Gasteiger partial charge in [0.1, 0.15) is 18.1 Å². The topological polar surface area (TPSA) is 171 Å². The van der Waals surface area contributed by atoms with Crippen LogP contribution in [0.4, 0.5) is 0 Å².